The van der Waals surface area contributed by atoms with Gasteiger partial charge in [-0.1, -0.05) is 34.6 Å². The maximum atomic E-state index is 12.4. The van der Waals surface area contributed by atoms with Crippen LogP contribution >= 0.6 is 0 Å². The molecule has 0 spiro atoms. The molecule has 0 unspecified atom stereocenters. The highest BCUT2D eigenvalue weighted by atomic mass is 16.7. The third-order valence-corrected chi connectivity index (χ3v) is 16.1. The fourth-order valence-corrected chi connectivity index (χ4v) is 10.8. The lowest BCUT2D eigenvalue weighted by Gasteiger charge is -2.18. The largest absolute Gasteiger partial charge is 0.454 e. The van der Waals surface area contributed by atoms with Crippen molar-refractivity contribution in [3.8, 4) is 51.7 Å². The first-order valence-corrected chi connectivity index (χ1v) is 29.6. The molecule has 0 atom stereocenters. The van der Waals surface area contributed by atoms with E-state index in [4.69, 9.17) is 14.1 Å². The Hall–Kier alpha value is -11.2. The van der Waals surface area contributed by atoms with E-state index in [1.807, 2.05) is 152 Å². The van der Waals surface area contributed by atoms with Crippen LogP contribution in [0.3, 0.4) is 0 Å². The number of ether oxygens (including phenoxy) is 2. The molecule has 28 heteroatoms. The van der Waals surface area contributed by atoms with Crippen LogP contribution in [0.25, 0.3) is 73.3 Å². The van der Waals surface area contributed by atoms with E-state index >= 15 is 0 Å². The molecule has 0 aliphatic carbocycles. The van der Waals surface area contributed by atoms with Gasteiger partial charge in [-0.15, -0.1) is 0 Å². The van der Waals surface area contributed by atoms with Crippen molar-refractivity contribution in [3.63, 3.8) is 0 Å². The first-order chi connectivity index (χ1) is 44.4. The number of fused-ring (bicyclic) bond motifs is 7. The number of aromatic amines is 3. The molecule has 2 aromatic heterocycles. The number of hydrogen-bond donors (Lipinski definition) is 6. The van der Waals surface area contributed by atoms with Crippen molar-refractivity contribution in [1.82, 2.24) is 94.6 Å². The van der Waals surface area contributed by atoms with Gasteiger partial charge in [-0.3, -0.25) is 29.3 Å². The Labute approximate surface area is 521 Å². The van der Waals surface area contributed by atoms with E-state index in [9.17, 15) is 28.8 Å². The van der Waals surface area contributed by atoms with E-state index in [1.165, 1.54) is 0 Å². The van der Waals surface area contributed by atoms with Gasteiger partial charge in [-0.25, -0.2) is 38.6 Å². The molecule has 0 saturated heterocycles. The van der Waals surface area contributed by atoms with Crippen molar-refractivity contribution in [2.24, 2.45) is 0 Å². The number of benzene rings is 5. The molecule has 92 heavy (non-hydrogen) atoms. The van der Waals surface area contributed by atoms with Crippen LogP contribution in [0, 0.1) is 48.5 Å². The van der Waals surface area contributed by atoms with Crippen molar-refractivity contribution in [2.45, 2.75) is 87.7 Å². The fourth-order valence-electron chi connectivity index (χ4n) is 10.8. The Morgan fingerprint density at radius 1 is 0.478 bits per heavy atom. The number of nitrogens with zero attached hydrogens (tertiary/aromatic N) is 13. The number of para-hydroxylation sites is 1. The lowest BCUT2D eigenvalue weighted by atomic mass is 10.1. The van der Waals surface area contributed by atoms with Gasteiger partial charge in [-0.05, 0) is 154 Å². The standard InChI is InChI=1S/C24H23N7O2.C22H21N5O4.C18H19N7O3/c1-15-12-18-20(13-16(15)2)30(22-21(27-18)23(32)29-24(33)28-22)11-9-25-14-17-6-3-4-7-19(17)31-10-5-8-26-31;1-12-7-15-16(8-13(12)2)27(20-19(24-15)21(28)26-22(29)25-20)6-5-23-10-14-3-4-17-18(9-14)31-11-30-17;1-9-6-12-14(7-10(9)2)25(5-4-19-8-13-11(3)23-28-24-13)16-15(20-12)17(26)22-18(27)21-16/h3-8,10,12-13,25H,9,11,14H2,1-2H3,(H,29,32,33);3-4,7-9,23H,5-6,10-11H2,1-2H3,(H,26,28,29);6-7,19H,4-5,8H2,1-3H3,(H,22,26,27). The number of aromatic nitrogens is 16. The van der Waals surface area contributed by atoms with E-state index in [2.05, 4.69) is 82.3 Å². The van der Waals surface area contributed by atoms with Gasteiger partial charge in [0.1, 0.15) is 11.4 Å². The molecular weight excluding hydrogens is 1180 g/mol. The highest BCUT2D eigenvalue weighted by Gasteiger charge is 2.23. The molecule has 28 nitrogen and oxygen atoms in total. The second-order valence-corrected chi connectivity index (χ2v) is 22.3. The minimum absolute atomic E-state index is 0.145. The maximum absolute atomic E-state index is 12.4. The number of aryl methyl sites for hydroxylation is 7. The summed E-state index contributed by atoms with van der Waals surface area (Å²) < 4.78 is 22.9. The molecule has 0 fully saturated rings. The van der Waals surface area contributed by atoms with Crippen molar-refractivity contribution in [2.75, 3.05) is 26.4 Å². The first kappa shape index (κ1) is 61.0. The number of H-pyrrole nitrogens is 3. The van der Waals surface area contributed by atoms with Gasteiger partial charge in [0.05, 0.1) is 38.8 Å². The zero-order chi connectivity index (χ0) is 64.3. The summed E-state index contributed by atoms with van der Waals surface area (Å²) in [6, 6.07) is 27.7. The number of hydrogen-bond acceptors (Lipinski definition) is 21. The Kier molecular flexibility index (Phi) is 17.3. The van der Waals surface area contributed by atoms with Crippen LogP contribution in [-0.4, -0.2) is 105 Å². The fraction of sp³-hybridized carbons (Fsp3) is 0.266. The molecule has 7 aliphatic heterocycles. The second kappa shape index (κ2) is 26.1. The summed E-state index contributed by atoms with van der Waals surface area (Å²) in [4.78, 5) is 105. The Morgan fingerprint density at radius 2 is 0.935 bits per heavy atom. The molecule has 0 amide bonds. The van der Waals surface area contributed by atoms with Crippen molar-refractivity contribution >= 4 is 33.1 Å². The van der Waals surface area contributed by atoms with Gasteiger partial charge in [0.15, 0.2) is 46.1 Å². The molecule has 9 heterocycles. The SMILES string of the molecule is Cc1cc2nc3c(=O)[nH]c(=O)nc-3n(CCNCc3ccc4c(c3)OCO4)c2cc1C.Cc1cc2nc3c(=O)[nH]c(=O)nc-3n(CCNCc3ccccc3-n3cccn3)c2cc1C.Cc1cc2nc3c(=O)[nH]c(=O)nc-3n(CCNCc3nonc3C)c2cc1C. The Morgan fingerprint density at radius 3 is 1.40 bits per heavy atom. The van der Waals surface area contributed by atoms with E-state index in [0.29, 0.717) is 81.3 Å². The third-order valence-electron chi connectivity index (χ3n) is 16.1. The maximum Gasteiger partial charge on any atom is 0.349 e. The average Bonchev–Trinajstić information content (AvgIpc) is 0.988. The minimum atomic E-state index is -0.687. The topological polar surface area (TPSA) is 353 Å². The molecule has 0 saturated carbocycles. The van der Waals surface area contributed by atoms with Crippen LogP contribution in [0.4, 0.5) is 0 Å². The summed E-state index contributed by atoms with van der Waals surface area (Å²) in [5, 5.41) is 22.0. The highest BCUT2D eigenvalue weighted by Crippen LogP contribution is 2.33. The average molecular weight is 1240 g/mol. The van der Waals surface area contributed by atoms with Crippen LogP contribution in [0.1, 0.15) is 55.9 Å². The first-order valence-electron chi connectivity index (χ1n) is 29.6. The van der Waals surface area contributed by atoms with Crippen molar-refractivity contribution in [1.29, 1.82) is 0 Å². The summed E-state index contributed by atoms with van der Waals surface area (Å²) in [5.41, 5.74) is 12.6. The monoisotopic (exact) mass is 1240 g/mol. The molecule has 7 aliphatic rings. The smallest absolute Gasteiger partial charge is 0.349 e. The Bertz CT molecular complexity index is 5200. The molecule has 0 bridgehead atoms. The molecule has 7 aromatic rings. The molecular formula is C64H63N19O9. The lowest BCUT2D eigenvalue weighted by molar-refractivity contribution is 0.174. The van der Waals surface area contributed by atoms with Crippen LogP contribution in [0.2, 0.25) is 0 Å². The third kappa shape index (κ3) is 12.8. The second-order valence-electron chi connectivity index (χ2n) is 22.3. The molecule has 6 N–H and O–H groups in total. The predicted octanol–water partition coefficient (Wildman–Crippen LogP) is 4.58. The Balaban J connectivity index is 0.000000134. The summed E-state index contributed by atoms with van der Waals surface area (Å²) in [6.07, 6.45) is 3.67. The zero-order valence-electron chi connectivity index (χ0n) is 51.3. The van der Waals surface area contributed by atoms with Crippen molar-refractivity contribution < 1.29 is 14.1 Å². The van der Waals surface area contributed by atoms with E-state index < -0.39 is 33.7 Å². The van der Waals surface area contributed by atoms with Crippen LogP contribution in [0.15, 0.2) is 131 Å². The minimum Gasteiger partial charge on any atom is -0.454 e. The van der Waals surface area contributed by atoms with Gasteiger partial charge in [0.25, 0.3) is 16.7 Å². The molecule has 468 valence electrons. The molecule has 5 aromatic carbocycles. The van der Waals surface area contributed by atoms with Crippen LogP contribution in [-0.2, 0) is 39.3 Å². The van der Waals surface area contributed by atoms with E-state index in [0.717, 1.165) is 89.6 Å². The van der Waals surface area contributed by atoms with E-state index in [-0.39, 0.29) is 35.5 Å². The van der Waals surface area contributed by atoms with E-state index in [1.54, 1.807) is 6.20 Å². The lowest BCUT2D eigenvalue weighted by Crippen LogP contribution is -2.30. The summed E-state index contributed by atoms with van der Waals surface area (Å²) >= 11 is 0. The normalized spacial score (nSPS) is 11.9. The zero-order valence-corrected chi connectivity index (χ0v) is 51.3. The van der Waals surface area contributed by atoms with Crippen LogP contribution < -0.4 is 59.2 Å². The van der Waals surface area contributed by atoms with Crippen molar-refractivity contribution in [3.05, 3.63) is 216 Å². The van der Waals surface area contributed by atoms with Gasteiger partial charge >= 0.3 is 17.1 Å². The molecule has 0 radical (unpaired) electrons. The van der Waals surface area contributed by atoms with Gasteiger partial charge in [0.2, 0.25) is 6.79 Å². The summed E-state index contributed by atoms with van der Waals surface area (Å²) in [5.74, 6) is 2.35. The van der Waals surface area contributed by atoms with Gasteiger partial charge in [0, 0.05) is 71.3 Å². The number of nitrogens with one attached hydrogen (secondary N) is 6. The van der Waals surface area contributed by atoms with Gasteiger partial charge < -0.3 is 39.1 Å². The number of rotatable bonds is 16. The predicted molar refractivity (Wildman–Crippen MR) is 342 cm³/mol. The van der Waals surface area contributed by atoms with Crippen LogP contribution in [0.5, 0.6) is 11.5 Å². The summed E-state index contributed by atoms with van der Waals surface area (Å²) in [6.45, 7) is 19.2. The highest BCUT2D eigenvalue weighted by molar-refractivity contribution is 5.83. The summed E-state index contributed by atoms with van der Waals surface area (Å²) in [7, 11) is 0. The molecule has 14 rings (SSSR count). The van der Waals surface area contributed by atoms with Gasteiger partial charge in [-0.2, -0.15) is 20.1 Å². The quantitative estimate of drug-likeness (QED) is 0.0569.